The van der Waals surface area contributed by atoms with Crippen molar-refractivity contribution >= 4 is 22.6 Å². The molecule has 0 fully saturated rings. The molecule has 0 heterocycles. The van der Waals surface area contributed by atoms with E-state index in [0.717, 1.165) is 16.3 Å². The van der Waals surface area contributed by atoms with Crippen molar-refractivity contribution in [2.75, 3.05) is 13.2 Å². The molecule has 2 aromatic carbocycles. The van der Waals surface area contributed by atoms with Crippen LogP contribution in [0, 0.1) is 0 Å². The number of carbonyl (C=O) groups is 2. The Bertz CT molecular complexity index is 669. The summed E-state index contributed by atoms with van der Waals surface area (Å²) in [5.41, 5.74) is 0.769. The fourth-order valence-electron chi connectivity index (χ4n) is 2.28. The molecule has 0 aliphatic heterocycles. The van der Waals surface area contributed by atoms with E-state index in [1.165, 1.54) is 0 Å². The standard InChI is InChI=1S/C17H19NO4/c1-2-22-11-16(19)18-15(10-17(20)21)14-8-7-12-5-3-4-6-13(12)9-14/h3-9,15H,2,10-11H2,1H3,(H,18,19)(H,20,21)/t15-/m0/s1. The molecule has 5 heteroatoms. The summed E-state index contributed by atoms with van der Waals surface area (Å²) in [5.74, 6) is -1.28. The lowest BCUT2D eigenvalue weighted by molar-refractivity contribution is -0.138. The quantitative estimate of drug-likeness (QED) is 0.824. The minimum Gasteiger partial charge on any atom is -0.481 e. The number of rotatable bonds is 7. The summed E-state index contributed by atoms with van der Waals surface area (Å²) < 4.78 is 5.05. The molecule has 2 aromatic rings. The van der Waals surface area contributed by atoms with Gasteiger partial charge >= 0.3 is 5.97 Å². The maximum atomic E-state index is 11.8. The van der Waals surface area contributed by atoms with Crippen molar-refractivity contribution in [3.05, 3.63) is 48.0 Å². The van der Waals surface area contributed by atoms with Gasteiger partial charge in [-0.25, -0.2) is 0 Å². The number of ether oxygens (including phenoxy) is 1. The van der Waals surface area contributed by atoms with E-state index < -0.39 is 12.0 Å². The third kappa shape index (κ3) is 4.30. The van der Waals surface area contributed by atoms with Crippen LogP contribution >= 0.6 is 0 Å². The molecule has 0 aliphatic carbocycles. The summed E-state index contributed by atoms with van der Waals surface area (Å²) in [6.07, 6.45) is -0.170. The van der Waals surface area contributed by atoms with Crippen molar-refractivity contribution in [3.8, 4) is 0 Å². The van der Waals surface area contributed by atoms with E-state index in [1.54, 1.807) is 6.92 Å². The molecule has 2 rings (SSSR count). The smallest absolute Gasteiger partial charge is 0.305 e. The average Bonchev–Trinajstić information content (AvgIpc) is 2.51. The zero-order valence-corrected chi connectivity index (χ0v) is 12.4. The molecule has 0 aromatic heterocycles. The van der Waals surface area contributed by atoms with Crippen molar-refractivity contribution < 1.29 is 19.4 Å². The van der Waals surface area contributed by atoms with Crippen LogP contribution in [0.3, 0.4) is 0 Å². The second-order valence-corrected chi connectivity index (χ2v) is 4.96. The molecule has 0 spiro atoms. The van der Waals surface area contributed by atoms with Crippen LogP contribution in [0.4, 0.5) is 0 Å². The van der Waals surface area contributed by atoms with Gasteiger partial charge in [-0.05, 0) is 29.3 Å². The van der Waals surface area contributed by atoms with Crippen LogP contribution in [0.2, 0.25) is 0 Å². The molecule has 0 saturated heterocycles. The monoisotopic (exact) mass is 301 g/mol. The summed E-state index contributed by atoms with van der Waals surface area (Å²) >= 11 is 0. The van der Waals surface area contributed by atoms with Crippen LogP contribution in [-0.4, -0.2) is 30.2 Å². The number of amides is 1. The van der Waals surface area contributed by atoms with Gasteiger partial charge in [0.2, 0.25) is 5.91 Å². The second-order valence-electron chi connectivity index (χ2n) is 4.96. The normalized spacial score (nSPS) is 12.0. The summed E-state index contributed by atoms with van der Waals surface area (Å²) in [6.45, 7) is 2.17. The van der Waals surface area contributed by atoms with Gasteiger partial charge in [0.05, 0.1) is 12.5 Å². The summed E-state index contributed by atoms with van der Waals surface area (Å²) in [5, 5.41) is 13.9. The first-order valence-electron chi connectivity index (χ1n) is 7.17. The fraction of sp³-hybridized carbons (Fsp3) is 0.294. The highest BCUT2D eigenvalue weighted by atomic mass is 16.5. The average molecular weight is 301 g/mol. The predicted molar refractivity (Wildman–Crippen MR) is 83.6 cm³/mol. The van der Waals surface area contributed by atoms with Gasteiger partial charge in [-0.15, -0.1) is 0 Å². The first-order chi connectivity index (χ1) is 10.6. The van der Waals surface area contributed by atoms with Crippen LogP contribution in [0.5, 0.6) is 0 Å². The van der Waals surface area contributed by atoms with Crippen LogP contribution in [0.15, 0.2) is 42.5 Å². The fourth-order valence-corrected chi connectivity index (χ4v) is 2.28. The van der Waals surface area contributed by atoms with Crippen molar-refractivity contribution in [1.82, 2.24) is 5.32 Å². The van der Waals surface area contributed by atoms with Crippen LogP contribution in [0.25, 0.3) is 10.8 Å². The number of fused-ring (bicyclic) bond motifs is 1. The van der Waals surface area contributed by atoms with E-state index >= 15 is 0 Å². The molecule has 116 valence electrons. The highest BCUT2D eigenvalue weighted by Crippen LogP contribution is 2.22. The SMILES string of the molecule is CCOCC(=O)N[C@@H](CC(=O)O)c1ccc2ccccc2c1. The first kappa shape index (κ1) is 16.0. The number of carboxylic acid groups (broad SMARTS) is 1. The zero-order valence-electron chi connectivity index (χ0n) is 12.4. The largest absolute Gasteiger partial charge is 0.481 e. The van der Waals surface area contributed by atoms with Crippen molar-refractivity contribution in [1.29, 1.82) is 0 Å². The highest BCUT2D eigenvalue weighted by molar-refractivity contribution is 5.84. The van der Waals surface area contributed by atoms with E-state index in [0.29, 0.717) is 6.61 Å². The van der Waals surface area contributed by atoms with E-state index in [1.807, 2.05) is 42.5 Å². The summed E-state index contributed by atoms with van der Waals surface area (Å²) in [6, 6.07) is 12.9. The molecule has 0 unspecified atom stereocenters. The van der Waals surface area contributed by atoms with Gasteiger partial charge in [0, 0.05) is 6.61 Å². The predicted octanol–water partition coefficient (Wildman–Crippen LogP) is 2.51. The number of hydrogen-bond donors (Lipinski definition) is 2. The van der Waals surface area contributed by atoms with Gasteiger partial charge in [0.25, 0.3) is 0 Å². The minimum atomic E-state index is -0.963. The molecule has 0 aliphatic rings. The maximum Gasteiger partial charge on any atom is 0.305 e. The topological polar surface area (TPSA) is 75.6 Å². The lowest BCUT2D eigenvalue weighted by Crippen LogP contribution is -2.33. The van der Waals surface area contributed by atoms with E-state index in [-0.39, 0.29) is 18.9 Å². The maximum absolute atomic E-state index is 11.8. The van der Waals surface area contributed by atoms with Crippen molar-refractivity contribution in [2.24, 2.45) is 0 Å². The van der Waals surface area contributed by atoms with E-state index in [2.05, 4.69) is 5.32 Å². The van der Waals surface area contributed by atoms with Crippen molar-refractivity contribution in [2.45, 2.75) is 19.4 Å². The lowest BCUT2D eigenvalue weighted by Gasteiger charge is -2.18. The number of carboxylic acids is 1. The third-order valence-corrected chi connectivity index (χ3v) is 3.33. The molecule has 1 atom stereocenters. The molecule has 0 radical (unpaired) electrons. The van der Waals surface area contributed by atoms with Gasteiger partial charge < -0.3 is 15.2 Å². The number of carbonyl (C=O) groups excluding carboxylic acids is 1. The van der Waals surface area contributed by atoms with E-state index in [4.69, 9.17) is 9.84 Å². The van der Waals surface area contributed by atoms with Gasteiger partial charge in [0.1, 0.15) is 6.61 Å². The Morgan fingerprint density at radius 3 is 2.59 bits per heavy atom. The Labute approximate surface area is 128 Å². The Morgan fingerprint density at radius 1 is 1.18 bits per heavy atom. The third-order valence-electron chi connectivity index (χ3n) is 3.33. The molecule has 5 nitrogen and oxygen atoms in total. The molecule has 1 amide bonds. The molecule has 2 N–H and O–H groups in total. The molecule has 0 saturated carbocycles. The van der Waals surface area contributed by atoms with Gasteiger partial charge in [-0.3, -0.25) is 9.59 Å². The van der Waals surface area contributed by atoms with Crippen LogP contribution < -0.4 is 5.32 Å². The molecule has 22 heavy (non-hydrogen) atoms. The lowest BCUT2D eigenvalue weighted by atomic mass is 9.99. The molecule has 0 bridgehead atoms. The van der Waals surface area contributed by atoms with Gasteiger partial charge in [-0.1, -0.05) is 36.4 Å². The minimum absolute atomic E-state index is 0.0692. The van der Waals surface area contributed by atoms with Crippen LogP contribution in [-0.2, 0) is 14.3 Å². The van der Waals surface area contributed by atoms with Crippen LogP contribution in [0.1, 0.15) is 24.9 Å². The Morgan fingerprint density at radius 2 is 1.91 bits per heavy atom. The van der Waals surface area contributed by atoms with Crippen molar-refractivity contribution in [3.63, 3.8) is 0 Å². The first-order valence-corrected chi connectivity index (χ1v) is 7.17. The second kappa shape index (κ2) is 7.56. The summed E-state index contributed by atoms with van der Waals surface area (Å²) in [4.78, 5) is 22.9. The summed E-state index contributed by atoms with van der Waals surface area (Å²) in [7, 11) is 0. The zero-order chi connectivity index (χ0) is 15.9. The number of nitrogens with one attached hydrogen (secondary N) is 1. The van der Waals surface area contributed by atoms with Gasteiger partial charge in [-0.2, -0.15) is 0 Å². The Kier molecular flexibility index (Phi) is 5.49. The Balaban J connectivity index is 2.22. The number of benzene rings is 2. The number of aliphatic carboxylic acids is 1. The molecular formula is C17H19NO4. The number of hydrogen-bond acceptors (Lipinski definition) is 3. The molecular weight excluding hydrogens is 282 g/mol. The Hall–Kier alpha value is -2.40. The highest BCUT2D eigenvalue weighted by Gasteiger charge is 2.18. The van der Waals surface area contributed by atoms with Gasteiger partial charge in [0.15, 0.2) is 0 Å². The van der Waals surface area contributed by atoms with E-state index in [9.17, 15) is 9.59 Å².